The lowest BCUT2D eigenvalue weighted by Crippen LogP contribution is -2.32. The van der Waals surface area contributed by atoms with Gasteiger partial charge in [-0.05, 0) is 31.7 Å². The number of para-hydroxylation sites is 1. The molecule has 0 aliphatic carbocycles. The standard InChI is InChI=1S/C24H26N4O2S/c1-16(2)28-24-19-9-5-4-8-17(19)14-27(22(30)13-12-18(29)15-31-3)21-11-7-6-10-20(21)23(24)25-26-28/h4-11,16H,12-15H2,1-3H3. The van der Waals surface area contributed by atoms with E-state index in [0.29, 0.717) is 12.3 Å². The Balaban J connectivity index is 1.84. The van der Waals surface area contributed by atoms with E-state index in [-0.39, 0.29) is 30.6 Å². The molecule has 0 N–H and O–H groups in total. The van der Waals surface area contributed by atoms with Gasteiger partial charge >= 0.3 is 0 Å². The van der Waals surface area contributed by atoms with E-state index in [9.17, 15) is 9.59 Å². The number of benzene rings is 2. The summed E-state index contributed by atoms with van der Waals surface area (Å²) in [6.07, 6.45) is 2.35. The number of fused-ring (bicyclic) bond motifs is 5. The molecule has 2 heterocycles. The highest BCUT2D eigenvalue weighted by atomic mass is 32.2. The van der Waals surface area contributed by atoms with Gasteiger partial charge in [0.1, 0.15) is 11.5 Å². The van der Waals surface area contributed by atoms with Crippen LogP contribution >= 0.6 is 11.8 Å². The van der Waals surface area contributed by atoms with Gasteiger partial charge in [-0.25, -0.2) is 4.68 Å². The van der Waals surface area contributed by atoms with E-state index < -0.39 is 0 Å². The summed E-state index contributed by atoms with van der Waals surface area (Å²) in [7, 11) is 0. The highest BCUT2D eigenvalue weighted by Gasteiger charge is 2.29. The van der Waals surface area contributed by atoms with Crippen molar-refractivity contribution in [2.24, 2.45) is 0 Å². The molecule has 6 nitrogen and oxygen atoms in total. The first-order valence-electron chi connectivity index (χ1n) is 10.4. The molecular weight excluding hydrogens is 408 g/mol. The van der Waals surface area contributed by atoms with Gasteiger partial charge < -0.3 is 4.90 Å². The maximum atomic E-state index is 13.3. The Kier molecular flexibility index (Phi) is 6.23. The molecule has 3 aromatic rings. The number of carbonyl (C=O) groups excluding carboxylic acids is 2. The average molecular weight is 435 g/mol. The molecule has 160 valence electrons. The first kappa shape index (κ1) is 21.3. The topological polar surface area (TPSA) is 68.1 Å². The van der Waals surface area contributed by atoms with Crippen molar-refractivity contribution in [3.8, 4) is 22.5 Å². The largest absolute Gasteiger partial charge is 0.307 e. The SMILES string of the molecule is CSCC(=O)CCC(=O)N1Cc2ccccc2-c2c(nnn2C(C)C)-c2ccccc21. The Morgan fingerprint density at radius 1 is 1.03 bits per heavy atom. The number of rotatable bonds is 6. The number of anilines is 1. The van der Waals surface area contributed by atoms with E-state index in [1.807, 2.05) is 53.4 Å². The second-order valence-electron chi connectivity index (χ2n) is 7.95. The molecule has 1 aliphatic rings. The van der Waals surface area contributed by atoms with Gasteiger partial charge in [0.2, 0.25) is 5.91 Å². The summed E-state index contributed by atoms with van der Waals surface area (Å²) < 4.78 is 1.95. The van der Waals surface area contributed by atoms with Gasteiger partial charge in [0.25, 0.3) is 0 Å². The third kappa shape index (κ3) is 4.14. The normalized spacial score (nSPS) is 12.6. The first-order chi connectivity index (χ1) is 15.0. The summed E-state index contributed by atoms with van der Waals surface area (Å²) in [5.74, 6) is 0.481. The molecule has 1 amide bonds. The molecule has 0 saturated heterocycles. The number of nitrogens with zero attached hydrogens (tertiary/aromatic N) is 4. The van der Waals surface area contributed by atoms with Crippen molar-refractivity contribution in [2.45, 2.75) is 39.3 Å². The van der Waals surface area contributed by atoms with Crippen molar-refractivity contribution >= 4 is 29.1 Å². The number of carbonyl (C=O) groups is 2. The molecule has 0 unspecified atom stereocenters. The van der Waals surface area contributed by atoms with Crippen molar-refractivity contribution in [1.29, 1.82) is 0 Å². The van der Waals surface area contributed by atoms with E-state index in [2.05, 4.69) is 30.2 Å². The molecule has 0 radical (unpaired) electrons. The summed E-state index contributed by atoms with van der Waals surface area (Å²) in [4.78, 5) is 27.1. The van der Waals surface area contributed by atoms with E-state index in [1.54, 1.807) is 4.90 Å². The zero-order valence-electron chi connectivity index (χ0n) is 18.0. The number of Topliss-reactive ketones (excluding diaryl/α,β-unsaturated/α-hetero) is 1. The summed E-state index contributed by atoms with van der Waals surface area (Å²) in [6, 6.07) is 16.1. The first-order valence-corrected chi connectivity index (χ1v) is 11.8. The number of ketones is 1. The highest BCUT2D eigenvalue weighted by molar-refractivity contribution is 7.99. The van der Waals surface area contributed by atoms with Crippen LogP contribution in [0.15, 0.2) is 48.5 Å². The van der Waals surface area contributed by atoms with Gasteiger partial charge in [0.15, 0.2) is 0 Å². The van der Waals surface area contributed by atoms with E-state index >= 15 is 0 Å². The Morgan fingerprint density at radius 3 is 2.48 bits per heavy atom. The van der Waals surface area contributed by atoms with Crippen LogP contribution in [0.5, 0.6) is 0 Å². The molecule has 7 heteroatoms. The van der Waals surface area contributed by atoms with E-state index in [4.69, 9.17) is 0 Å². The van der Waals surface area contributed by atoms with Crippen LogP contribution in [0, 0.1) is 0 Å². The average Bonchev–Trinajstić information content (AvgIpc) is 3.20. The van der Waals surface area contributed by atoms with Crippen molar-refractivity contribution in [1.82, 2.24) is 15.0 Å². The molecule has 0 fully saturated rings. The fraction of sp³-hybridized carbons (Fsp3) is 0.333. The third-order valence-corrected chi connectivity index (χ3v) is 6.07. The number of amides is 1. The monoisotopic (exact) mass is 434 g/mol. The molecule has 0 saturated carbocycles. The Hall–Kier alpha value is -2.93. The molecule has 4 rings (SSSR count). The summed E-state index contributed by atoms with van der Waals surface area (Å²) >= 11 is 1.49. The second-order valence-corrected chi connectivity index (χ2v) is 8.82. The van der Waals surface area contributed by atoms with Crippen molar-refractivity contribution in [3.05, 3.63) is 54.1 Å². The lowest BCUT2D eigenvalue weighted by atomic mass is 9.95. The van der Waals surface area contributed by atoms with Gasteiger partial charge in [-0.2, -0.15) is 11.8 Å². The smallest absolute Gasteiger partial charge is 0.227 e. The van der Waals surface area contributed by atoms with Crippen molar-refractivity contribution < 1.29 is 9.59 Å². The molecule has 0 atom stereocenters. The molecule has 1 aliphatic heterocycles. The fourth-order valence-electron chi connectivity index (χ4n) is 3.98. The quantitative estimate of drug-likeness (QED) is 0.560. The Labute approximate surface area is 186 Å². The molecular formula is C24H26N4O2S. The number of hydrogen-bond acceptors (Lipinski definition) is 5. The van der Waals surface area contributed by atoms with Crippen molar-refractivity contribution in [3.63, 3.8) is 0 Å². The van der Waals surface area contributed by atoms with Crippen LogP contribution < -0.4 is 4.90 Å². The minimum absolute atomic E-state index is 0.0589. The van der Waals surface area contributed by atoms with Crippen LogP contribution in [0.3, 0.4) is 0 Å². The molecule has 2 aromatic carbocycles. The maximum Gasteiger partial charge on any atom is 0.227 e. The second kappa shape index (κ2) is 9.06. The van der Waals surface area contributed by atoms with Crippen LogP contribution in [-0.2, 0) is 16.1 Å². The van der Waals surface area contributed by atoms with E-state index in [1.165, 1.54) is 11.8 Å². The predicted octanol–water partition coefficient (Wildman–Crippen LogP) is 4.75. The van der Waals surface area contributed by atoms with Crippen LogP contribution in [0.4, 0.5) is 5.69 Å². The third-order valence-electron chi connectivity index (χ3n) is 5.46. The number of hydrogen-bond donors (Lipinski definition) is 0. The fourth-order valence-corrected chi connectivity index (χ4v) is 4.44. The van der Waals surface area contributed by atoms with Gasteiger partial charge in [0, 0.05) is 30.0 Å². The molecule has 0 bridgehead atoms. The summed E-state index contributed by atoms with van der Waals surface area (Å²) in [6.45, 7) is 4.61. The number of thioether (sulfide) groups is 1. The minimum atomic E-state index is -0.0589. The Morgan fingerprint density at radius 2 is 1.74 bits per heavy atom. The van der Waals surface area contributed by atoms with Crippen molar-refractivity contribution in [2.75, 3.05) is 16.9 Å². The van der Waals surface area contributed by atoms with Gasteiger partial charge in [-0.1, -0.05) is 47.7 Å². The van der Waals surface area contributed by atoms with Crippen LogP contribution in [0.2, 0.25) is 0 Å². The summed E-state index contributed by atoms with van der Waals surface area (Å²) in [5.41, 5.74) is 5.49. The number of aromatic nitrogens is 3. The van der Waals surface area contributed by atoms with Crippen LogP contribution in [0.25, 0.3) is 22.5 Å². The Bertz CT molecular complexity index is 1120. The van der Waals surface area contributed by atoms with E-state index in [0.717, 1.165) is 33.8 Å². The molecule has 31 heavy (non-hydrogen) atoms. The predicted molar refractivity (Wildman–Crippen MR) is 125 cm³/mol. The zero-order valence-corrected chi connectivity index (χ0v) is 18.9. The van der Waals surface area contributed by atoms with Gasteiger partial charge in [-0.15, -0.1) is 5.10 Å². The minimum Gasteiger partial charge on any atom is -0.307 e. The zero-order chi connectivity index (χ0) is 22.0. The molecule has 1 aromatic heterocycles. The van der Waals surface area contributed by atoms with Gasteiger partial charge in [0.05, 0.1) is 23.7 Å². The summed E-state index contributed by atoms with van der Waals surface area (Å²) in [5, 5.41) is 8.97. The molecule has 0 spiro atoms. The maximum absolute atomic E-state index is 13.3. The van der Waals surface area contributed by atoms with Crippen LogP contribution in [0.1, 0.15) is 38.3 Å². The lowest BCUT2D eigenvalue weighted by molar-refractivity contribution is -0.122. The highest BCUT2D eigenvalue weighted by Crippen LogP contribution is 2.41. The lowest BCUT2D eigenvalue weighted by Gasteiger charge is -2.28. The van der Waals surface area contributed by atoms with Crippen LogP contribution in [-0.4, -0.2) is 38.7 Å². The van der Waals surface area contributed by atoms with Gasteiger partial charge in [-0.3, -0.25) is 9.59 Å².